The summed E-state index contributed by atoms with van der Waals surface area (Å²) < 4.78 is 0. The highest BCUT2D eigenvalue weighted by molar-refractivity contribution is 5.97. The number of aromatic amines is 1. The number of nitrogens with one attached hydrogen (secondary N) is 1. The van der Waals surface area contributed by atoms with Crippen molar-refractivity contribution < 1.29 is 4.79 Å². The normalized spacial score (nSPS) is 19.7. The van der Waals surface area contributed by atoms with E-state index in [0.717, 1.165) is 18.7 Å². The average molecular weight is 285 g/mol. The fourth-order valence-corrected chi connectivity index (χ4v) is 2.73. The lowest BCUT2D eigenvalue weighted by Crippen LogP contribution is -2.49. The number of aromatic nitrogens is 2. The maximum atomic E-state index is 12.7. The Kier molecular flexibility index (Phi) is 3.62. The van der Waals surface area contributed by atoms with Crippen molar-refractivity contribution in [1.82, 2.24) is 20.0 Å². The van der Waals surface area contributed by atoms with Gasteiger partial charge < -0.3 is 15.5 Å². The zero-order chi connectivity index (χ0) is 14.8. The van der Waals surface area contributed by atoms with Gasteiger partial charge in [0, 0.05) is 19.6 Å². The Bertz CT molecular complexity index is 624. The maximum absolute atomic E-state index is 12.7. The standard InChI is InChI=1S/C15H19N5O/c1-19-7-8-20(15(21)14-12(16)9-17-18-14)13(10-19)11-5-3-2-4-6-11/h2-6,9,13H,7-8,10,16H2,1H3,(H,17,18). The number of nitrogens with zero attached hydrogens (tertiary/aromatic N) is 3. The van der Waals surface area contributed by atoms with Crippen LogP contribution in [0.25, 0.3) is 0 Å². The van der Waals surface area contributed by atoms with Crippen LogP contribution in [0.15, 0.2) is 36.5 Å². The zero-order valence-corrected chi connectivity index (χ0v) is 12.0. The highest BCUT2D eigenvalue weighted by atomic mass is 16.2. The van der Waals surface area contributed by atoms with Gasteiger partial charge in [-0.25, -0.2) is 0 Å². The second kappa shape index (κ2) is 5.57. The summed E-state index contributed by atoms with van der Waals surface area (Å²) >= 11 is 0. The molecule has 6 nitrogen and oxygen atoms in total. The first-order valence-electron chi connectivity index (χ1n) is 7.00. The number of hydrogen-bond acceptors (Lipinski definition) is 4. The Morgan fingerprint density at radius 2 is 2.10 bits per heavy atom. The molecule has 0 bridgehead atoms. The number of carbonyl (C=O) groups is 1. The average Bonchev–Trinajstić information content (AvgIpc) is 2.93. The molecule has 0 saturated carbocycles. The van der Waals surface area contributed by atoms with E-state index in [1.165, 1.54) is 6.20 Å². The van der Waals surface area contributed by atoms with Crippen molar-refractivity contribution in [2.75, 3.05) is 32.4 Å². The molecule has 1 aromatic heterocycles. The van der Waals surface area contributed by atoms with Crippen LogP contribution in [0.1, 0.15) is 22.1 Å². The fourth-order valence-electron chi connectivity index (χ4n) is 2.73. The number of carbonyl (C=O) groups excluding carboxylic acids is 1. The van der Waals surface area contributed by atoms with Crippen LogP contribution >= 0.6 is 0 Å². The number of amides is 1. The molecule has 2 aromatic rings. The van der Waals surface area contributed by atoms with E-state index >= 15 is 0 Å². The number of hydrogen-bond donors (Lipinski definition) is 2. The third kappa shape index (κ3) is 2.62. The van der Waals surface area contributed by atoms with Crippen LogP contribution in [0.2, 0.25) is 0 Å². The van der Waals surface area contributed by atoms with Crippen LogP contribution in [-0.2, 0) is 0 Å². The number of anilines is 1. The van der Waals surface area contributed by atoms with Gasteiger partial charge in [-0.05, 0) is 12.6 Å². The lowest BCUT2D eigenvalue weighted by molar-refractivity contribution is 0.0493. The Labute approximate surface area is 123 Å². The van der Waals surface area contributed by atoms with Crippen molar-refractivity contribution in [3.8, 4) is 0 Å². The lowest BCUT2D eigenvalue weighted by atomic mass is 10.0. The summed E-state index contributed by atoms with van der Waals surface area (Å²) in [5.41, 5.74) is 7.71. The van der Waals surface area contributed by atoms with Crippen LogP contribution in [0.5, 0.6) is 0 Å². The largest absolute Gasteiger partial charge is 0.396 e. The second-order valence-electron chi connectivity index (χ2n) is 5.39. The first-order valence-corrected chi connectivity index (χ1v) is 7.00. The van der Waals surface area contributed by atoms with E-state index in [4.69, 9.17) is 5.73 Å². The Morgan fingerprint density at radius 1 is 1.33 bits per heavy atom. The number of H-pyrrole nitrogens is 1. The van der Waals surface area contributed by atoms with Gasteiger partial charge in [-0.15, -0.1) is 0 Å². The summed E-state index contributed by atoms with van der Waals surface area (Å²) in [6, 6.07) is 10.1. The van der Waals surface area contributed by atoms with Gasteiger partial charge >= 0.3 is 0 Å². The lowest BCUT2D eigenvalue weighted by Gasteiger charge is -2.40. The van der Waals surface area contributed by atoms with Gasteiger partial charge in [-0.3, -0.25) is 9.89 Å². The Balaban J connectivity index is 1.91. The predicted octanol–water partition coefficient (Wildman–Crippen LogP) is 1.12. The van der Waals surface area contributed by atoms with Crippen molar-refractivity contribution >= 4 is 11.6 Å². The summed E-state index contributed by atoms with van der Waals surface area (Å²) in [6.45, 7) is 2.33. The molecule has 1 amide bonds. The summed E-state index contributed by atoms with van der Waals surface area (Å²) in [6.07, 6.45) is 1.47. The van der Waals surface area contributed by atoms with E-state index in [-0.39, 0.29) is 11.9 Å². The van der Waals surface area contributed by atoms with E-state index in [0.29, 0.717) is 17.9 Å². The van der Waals surface area contributed by atoms with Gasteiger partial charge in [0.15, 0.2) is 0 Å². The van der Waals surface area contributed by atoms with Crippen molar-refractivity contribution in [2.24, 2.45) is 0 Å². The van der Waals surface area contributed by atoms with Crippen LogP contribution in [0.3, 0.4) is 0 Å². The van der Waals surface area contributed by atoms with Gasteiger partial charge in [0.05, 0.1) is 17.9 Å². The number of rotatable bonds is 2. The molecular weight excluding hydrogens is 266 g/mol. The number of nitrogen functional groups attached to an aromatic ring is 1. The highest BCUT2D eigenvalue weighted by Gasteiger charge is 2.32. The molecule has 1 aliphatic rings. The molecule has 1 saturated heterocycles. The molecule has 1 fully saturated rings. The van der Waals surface area contributed by atoms with Crippen molar-refractivity contribution in [1.29, 1.82) is 0 Å². The van der Waals surface area contributed by atoms with Crippen LogP contribution in [-0.4, -0.2) is 52.6 Å². The van der Waals surface area contributed by atoms with Crippen LogP contribution in [0, 0.1) is 0 Å². The van der Waals surface area contributed by atoms with Gasteiger partial charge in [0.1, 0.15) is 5.69 Å². The quantitative estimate of drug-likeness (QED) is 0.866. The summed E-state index contributed by atoms with van der Waals surface area (Å²) in [7, 11) is 2.07. The Morgan fingerprint density at radius 3 is 2.76 bits per heavy atom. The minimum Gasteiger partial charge on any atom is -0.396 e. The summed E-state index contributed by atoms with van der Waals surface area (Å²) in [5.74, 6) is -0.0908. The Hall–Kier alpha value is -2.34. The molecule has 1 aliphatic heterocycles. The van der Waals surface area contributed by atoms with Gasteiger partial charge in [0.2, 0.25) is 0 Å². The predicted molar refractivity (Wildman–Crippen MR) is 80.7 cm³/mol. The van der Waals surface area contributed by atoms with Crippen LogP contribution in [0.4, 0.5) is 5.69 Å². The fraction of sp³-hybridized carbons (Fsp3) is 0.333. The minimum atomic E-state index is -0.0908. The minimum absolute atomic E-state index is 0.0279. The third-order valence-electron chi connectivity index (χ3n) is 3.91. The molecule has 0 spiro atoms. The second-order valence-corrected chi connectivity index (χ2v) is 5.39. The van der Waals surface area contributed by atoms with Crippen molar-refractivity contribution in [2.45, 2.75) is 6.04 Å². The zero-order valence-electron chi connectivity index (χ0n) is 12.0. The molecule has 1 aromatic carbocycles. The summed E-state index contributed by atoms with van der Waals surface area (Å²) in [5, 5.41) is 6.55. The number of benzene rings is 1. The van der Waals surface area contributed by atoms with Gasteiger partial charge in [-0.1, -0.05) is 30.3 Å². The molecule has 2 heterocycles. The molecule has 3 N–H and O–H groups in total. The molecule has 0 aliphatic carbocycles. The van der Waals surface area contributed by atoms with E-state index in [9.17, 15) is 4.79 Å². The molecule has 21 heavy (non-hydrogen) atoms. The smallest absolute Gasteiger partial charge is 0.274 e. The molecule has 0 radical (unpaired) electrons. The monoisotopic (exact) mass is 285 g/mol. The first kappa shape index (κ1) is 13.6. The maximum Gasteiger partial charge on any atom is 0.274 e. The summed E-state index contributed by atoms with van der Waals surface area (Å²) in [4.78, 5) is 16.8. The van der Waals surface area contributed by atoms with Crippen molar-refractivity contribution in [3.05, 3.63) is 47.8 Å². The van der Waals surface area contributed by atoms with E-state index in [2.05, 4.69) is 34.3 Å². The molecular formula is C15H19N5O. The van der Waals surface area contributed by atoms with Gasteiger partial charge in [-0.2, -0.15) is 5.10 Å². The number of likely N-dealkylation sites (N-methyl/N-ethyl adjacent to an activating group) is 1. The van der Waals surface area contributed by atoms with Crippen molar-refractivity contribution in [3.63, 3.8) is 0 Å². The molecule has 110 valence electrons. The molecule has 1 atom stereocenters. The van der Waals surface area contributed by atoms with E-state index < -0.39 is 0 Å². The third-order valence-corrected chi connectivity index (χ3v) is 3.91. The molecule has 6 heteroatoms. The number of piperazine rings is 1. The first-order chi connectivity index (χ1) is 10.2. The SMILES string of the molecule is CN1CCN(C(=O)c2[nH]ncc2N)C(c2ccccc2)C1. The van der Waals surface area contributed by atoms with E-state index in [1.807, 2.05) is 23.1 Å². The molecule has 3 rings (SSSR count). The highest BCUT2D eigenvalue weighted by Crippen LogP contribution is 2.27. The van der Waals surface area contributed by atoms with Gasteiger partial charge in [0.25, 0.3) is 5.91 Å². The topological polar surface area (TPSA) is 78.2 Å². The molecule has 1 unspecified atom stereocenters. The van der Waals surface area contributed by atoms with E-state index in [1.54, 1.807) is 0 Å². The van der Waals surface area contributed by atoms with Crippen LogP contribution < -0.4 is 5.73 Å². The number of nitrogens with two attached hydrogens (primary N) is 1.